The van der Waals surface area contributed by atoms with E-state index in [0.29, 0.717) is 3.63 Å². The van der Waals surface area contributed by atoms with E-state index < -0.39 is 20.3 Å². The van der Waals surface area contributed by atoms with Crippen LogP contribution >= 0.6 is 0 Å². The predicted molar refractivity (Wildman–Crippen MR) is 125 cm³/mol. The molecule has 6 rings (SSSR count). The van der Waals surface area contributed by atoms with Crippen molar-refractivity contribution in [3.8, 4) is 22.5 Å². The summed E-state index contributed by atoms with van der Waals surface area (Å²) in [6, 6.07) is 17.2. The first kappa shape index (κ1) is 24.3. The van der Waals surface area contributed by atoms with Gasteiger partial charge in [-0.25, -0.2) is 0 Å². The molecule has 5 heteroatoms. The van der Waals surface area contributed by atoms with Gasteiger partial charge in [0.25, 0.3) is 0 Å². The number of pyridine rings is 2. The zero-order valence-electron chi connectivity index (χ0n) is 18.9. The number of hydrogen-bond acceptors (Lipinski definition) is 2. The molecule has 0 amide bonds. The average molecular weight is 553 g/mol. The van der Waals surface area contributed by atoms with Crippen LogP contribution in [-0.2, 0) is 20.3 Å². The summed E-state index contributed by atoms with van der Waals surface area (Å²) in [6.45, 7) is 4.72. The standard InChI is InChI=1S/C20H15N2.C6H7.C2H4.2ClH.Zr/c1-14-10-15-12-16(19-6-2-4-8-21-19)13-18(17(15)11-14)20-7-3-5-9-22-20;1-6-4-2-3-5-6;1-2;;;/h2-13H,1H3;2,4H,3H2,1H3;1-2H2;2*1H;/q;;;;;+2/p-2. The minimum Gasteiger partial charge on any atom is -1.00 e. The number of fused-ring (bicyclic) bond motifs is 1. The molecule has 0 bridgehead atoms. The number of hydrogen-bond donors (Lipinski definition) is 0. The zero-order valence-corrected chi connectivity index (χ0v) is 22.8. The molecule has 0 spiro atoms. The average Bonchev–Trinajstić information content (AvgIpc) is 3.34. The van der Waals surface area contributed by atoms with Gasteiger partial charge in [0.05, 0.1) is 0 Å². The molecule has 1 saturated heterocycles. The van der Waals surface area contributed by atoms with Crippen molar-refractivity contribution in [3.05, 3.63) is 98.6 Å². The molecule has 1 aliphatic heterocycles. The Morgan fingerprint density at radius 2 is 1.58 bits per heavy atom. The van der Waals surface area contributed by atoms with E-state index in [9.17, 15) is 0 Å². The van der Waals surface area contributed by atoms with Crippen molar-refractivity contribution in [3.63, 3.8) is 0 Å². The van der Waals surface area contributed by atoms with Crippen LogP contribution in [0.5, 0.6) is 0 Å². The van der Waals surface area contributed by atoms with Crippen LogP contribution in [0.4, 0.5) is 0 Å². The van der Waals surface area contributed by atoms with Crippen LogP contribution < -0.4 is 24.8 Å². The summed E-state index contributed by atoms with van der Waals surface area (Å²) in [6.07, 6.45) is 12.2. The van der Waals surface area contributed by atoms with Crippen molar-refractivity contribution in [2.24, 2.45) is 0 Å². The Balaban J connectivity index is 0.00000130. The van der Waals surface area contributed by atoms with Crippen LogP contribution in [0.2, 0.25) is 8.26 Å². The van der Waals surface area contributed by atoms with Crippen LogP contribution in [-0.4, -0.2) is 9.97 Å². The molecule has 33 heavy (non-hydrogen) atoms. The normalized spacial score (nSPS) is 18.5. The zero-order chi connectivity index (χ0) is 21.0. The van der Waals surface area contributed by atoms with E-state index in [-0.39, 0.29) is 24.8 Å². The summed E-state index contributed by atoms with van der Waals surface area (Å²) < 4.78 is 5.50. The van der Waals surface area contributed by atoms with E-state index in [2.05, 4.69) is 73.5 Å². The topological polar surface area (TPSA) is 25.8 Å². The van der Waals surface area contributed by atoms with Crippen molar-refractivity contribution >= 4 is 6.08 Å². The Morgan fingerprint density at radius 3 is 2.15 bits per heavy atom. The molecule has 1 fully saturated rings. The van der Waals surface area contributed by atoms with Gasteiger partial charge in [-0.3, -0.25) is 0 Å². The van der Waals surface area contributed by atoms with Gasteiger partial charge in [-0.05, 0) is 0 Å². The van der Waals surface area contributed by atoms with E-state index in [1.165, 1.54) is 31.4 Å². The van der Waals surface area contributed by atoms with E-state index in [4.69, 9.17) is 4.98 Å². The molecule has 1 unspecified atom stereocenters. The molecular formula is C28H26Cl2N2Zr. The van der Waals surface area contributed by atoms with Crippen LogP contribution in [0.1, 0.15) is 35.0 Å². The number of nitrogens with zero attached hydrogens (tertiary/aromatic N) is 2. The van der Waals surface area contributed by atoms with Gasteiger partial charge in [0.1, 0.15) is 0 Å². The quantitative estimate of drug-likeness (QED) is 0.491. The maximum absolute atomic E-state index is 4.73. The van der Waals surface area contributed by atoms with E-state index in [1.807, 2.05) is 27.8 Å². The number of aromatic nitrogens is 2. The Bertz CT molecular complexity index is 1280. The SMILES string of the molecule is CC1=Cc2c(-c3ccccn3)cc(-c3ccccn3)cc2[CH]1[Zr+2]1([C]2=C(C)C=CC2)[CH2][CH2]1.[Cl-].[Cl-]. The molecule has 0 N–H and O–H groups in total. The van der Waals surface area contributed by atoms with Gasteiger partial charge in [0.15, 0.2) is 0 Å². The first-order valence-electron chi connectivity index (χ1n) is 11.2. The maximum Gasteiger partial charge on any atom is -1.00 e. The summed E-state index contributed by atoms with van der Waals surface area (Å²) in [5.74, 6) is 0. The van der Waals surface area contributed by atoms with Gasteiger partial charge in [0.2, 0.25) is 0 Å². The van der Waals surface area contributed by atoms with Gasteiger partial charge in [-0.1, -0.05) is 0 Å². The van der Waals surface area contributed by atoms with Gasteiger partial charge in [-0.2, -0.15) is 0 Å². The minimum atomic E-state index is -2.42. The Morgan fingerprint density at radius 1 is 0.879 bits per heavy atom. The molecule has 1 aromatic carbocycles. The van der Waals surface area contributed by atoms with Crippen molar-refractivity contribution in [2.75, 3.05) is 0 Å². The fraction of sp³-hybridized carbons (Fsp3) is 0.214. The fourth-order valence-corrected chi connectivity index (χ4v) is 22.1. The predicted octanol–water partition coefficient (Wildman–Crippen LogP) is 1.51. The van der Waals surface area contributed by atoms with Gasteiger partial charge in [0, 0.05) is 0 Å². The third kappa shape index (κ3) is 4.03. The second-order valence-corrected chi connectivity index (χ2v) is 20.2. The number of halogens is 2. The molecular weight excluding hydrogens is 526 g/mol. The van der Waals surface area contributed by atoms with E-state index in [0.717, 1.165) is 11.4 Å². The summed E-state index contributed by atoms with van der Waals surface area (Å²) in [5.41, 5.74) is 10.6. The summed E-state index contributed by atoms with van der Waals surface area (Å²) in [4.78, 5) is 9.41. The van der Waals surface area contributed by atoms with E-state index in [1.54, 1.807) is 16.7 Å². The molecule has 0 radical (unpaired) electrons. The maximum atomic E-state index is 4.73. The second kappa shape index (κ2) is 9.45. The Hall–Kier alpha value is -1.80. The Kier molecular flexibility index (Phi) is 6.97. The largest absolute Gasteiger partial charge is 1.00 e. The number of allylic oxidation sites excluding steroid dienone is 5. The van der Waals surface area contributed by atoms with Crippen molar-refractivity contribution in [2.45, 2.75) is 32.2 Å². The van der Waals surface area contributed by atoms with E-state index >= 15 is 0 Å². The molecule has 2 nitrogen and oxygen atoms in total. The first-order chi connectivity index (χ1) is 15.2. The second-order valence-electron chi connectivity index (χ2n) is 9.20. The Labute approximate surface area is 213 Å². The molecule has 166 valence electrons. The minimum absolute atomic E-state index is 0. The van der Waals surface area contributed by atoms with Gasteiger partial charge in [-0.15, -0.1) is 0 Å². The molecule has 3 aliphatic rings. The van der Waals surface area contributed by atoms with Crippen LogP contribution in [0, 0.1) is 0 Å². The molecule has 0 saturated carbocycles. The molecule has 2 aliphatic carbocycles. The van der Waals surface area contributed by atoms with Crippen LogP contribution in [0.25, 0.3) is 28.6 Å². The summed E-state index contributed by atoms with van der Waals surface area (Å²) >= 11 is -2.42. The first-order valence-corrected chi connectivity index (χ1v) is 17.4. The molecule has 3 aromatic rings. The van der Waals surface area contributed by atoms with Crippen molar-refractivity contribution in [1.82, 2.24) is 9.97 Å². The number of rotatable bonds is 4. The summed E-state index contributed by atoms with van der Waals surface area (Å²) in [7, 11) is 0. The number of benzene rings is 1. The molecule has 2 aromatic heterocycles. The van der Waals surface area contributed by atoms with Crippen LogP contribution in [0.15, 0.2) is 87.5 Å². The molecule has 3 heterocycles. The van der Waals surface area contributed by atoms with Gasteiger partial charge >= 0.3 is 190 Å². The van der Waals surface area contributed by atoms with Crippen molar-refractivity contribution < 1.29 is 45.1 Å². The van der Waals surface area contributed by atoms with Crippen molar-refractivity contribution in [1.29, 1.82) is 0 Å². The monoisotopic (exact) mass is 550 g/mol. The van der Waals surface area contributed by atoms with Gasteiger partial charge < -0.3 is 24.8 Å². The smallest absolute Gasteiger partial charge is 1.00 e. The third-order valence-electron chi connectivity index (χ3n) is 7.36. The fourth-order valence-electron chi connectivity index (χ4n) is 5.89. The third-order valence-corrected chi connectivity index (χ3v) is 20.3. The summed E-state index contributed by atoms with van der Waals surface area (Å²) in [5, 5.41) is 0. The van der Waals surface area contributed by atoms with Crippen LogP contribution in [0.3, 0.4) is 0 Å². The molecule has 1 atom stereocenters.